The third-order valence-corrected chi connectivity index (χ3v) is 5.29. The van der Waals surface area contributed by atoms with Crippen LogP contribution in [-0.2, 0) is 13.0 Å². The number of terminal acetylenes is 1. The molecule has 0 fully saturated rings. The highest BCUT2D eigenvalue weighted by atomic mass is 32.1. The molecule has 0 N–H and O–H groups in total. The molecule has 1 aliphatic rings. The van der Waals surface area contributed by atoms with Crippen LogP contribution in [0.4, 0.5) is 0 Å². The normalized spacial score (nSPS) is 16.0. The maximum Gasteiger partial charge on any atom is 0.204 e. The van der Waals surface area contributed by atoms with Gasteiger partial charge in [-0.15, -0.1) is 17.8 Å². The molecule has 5 heteroatoms. The molecule has 23 heavy (non-hydrogen) atoms. The van der Waals surface area contributed by atoms with Gasteiger partial charge in [-0.1, -0.05) is 6.07 Å². The number of hydrogen-bond donors (Lipinski definition) is 0. The molecule has 4 rings (SSSR count). The van der Waals surface area contributed by atoms with Gasteiger partial charge < -0.3 is 0 Å². The van der Waals surface area contributed by atoms with Crippen molar-refractivity contribution in [2.45, 2.75) is 25.9 Å². The van der Waals surface area contributed by atoms with E-state index in [4.69, 9.17) is 6.42 Å². The third kappa shape index (κ3) is 2.61. The molecule has 0 aliphatic carbocycles. The Morgan fingerprint density at radius 3 is 3.13 bits per heavy atom. The molecule has 3 aromatic rings. The topological polar surface area (TPSA) is 41.9 Å². The van der Waals surface area contributed by atoms with Crippen molar-refractivity contribution in [3.63, 3.8) is 0 Å². The van der Waals surface area contributed by atoms with Gasteiger partial charge in [0.1, 0.15) is 0 Å². The van der Waals surface area contributed by atoms with Gasteiger partial charge in [-0.05, 0) is 30.5 Å². The van der Waals surface area contributed by atoms with Crippen LogP contribution in [0, 0.1) is 12.3 Å². The molecule has 114 valence electrons. The maximum absolute atomic E-state index is 5.38. The summed E-state index contributed by atoms with van der Waals surface area (Å²) in [5, 5.41) is 0. The zero-order valence-electron chi connectivity index (χ0n) is 12.9. The van der Waals surface area contributed by atoms with Crippen LogP contribution in [0.2, 0.25) is 0 Å². The molecule has 1 aliphatic heterocycles. The van der Waals surface area contributed by atoms with E-state index >= 15 is 0 Å². The van der Waals surface area contributed by atoms with E-state index in [0.717, 1.165) is 30.7 Å². The second-order valence-electron chi connectivity index (χ2n) is 5.79. The molecule has 1 unspecified atom stereocenters. The first-order valence-electron chi connectivity index (χ1n) is 7.63. The smallest absolute Gasteiger partial charge is 0.204 e. The van der Waals surface area contributed by atoms with Gasteiger partial charge >= 0.3 is 0 Å². The Morgan fingerprint density at radius 2 is 2.26 bits per heavy atom. The lowest BCUT2D eigenvalue weighted by atomic mass is 10.0. The predicted molar refractivity (Wildman–Crippen MR) is 92.1 cm³/mol. The lowest BCUT2D eigenvalue weighted by Crippen LogP contribution is -2.33. The van der Waals surface area contributed by atoms with E-state index in [1.807, 2.05) is 11.7 Å². The lowest BCUT2D eigenvalue weighted by molar-refractivity contribution is 0.190. The van der Waals surface area contributed by atoms with Crippen LogP contribution in [0.5, 0.6) is 0 Å². The maximum atomic E-state index is 5.38. The van der Waals surface area contributed by atoms with E-state index in [9.17, 15) is 0 Å². The Hall–Kier alpha value is -2.29. The zero-order chi connectivity index (χ0) is 15.8. The second-order valence-corrected chi connectivity index (χ2v) is 6.67. The first-order chi connectivity index (χ1) is 11.2. The van der Waals surface area contributed by atoms with Crippen molar-refractivity contribution in [1.82, 2.24) is 19.9 Å². The number of hydrogen-bond acceptors (Lipinski definition) is 5. The number of nitrogens with zero attached hydrogens (tertiary/aromatic N) is 4. The fraction of sp³-hybridized carbons (Fsp3) is 0.278. The lowest BCUT2D eigenvalue weighted by Gasteiger charge is -2.33. The van der Waals surface area contributed by atoms with Crippen molar-refractivity contribution in [2.24, 2.45) is 0 Å². The number of aromatic nitrogens is 3. The summed E-state index contributed by atoms with van der Waals surface area (Å²) in [5.41, 5.74) is 6.55. The SMILES string of the molecule is C#Cc1ncc2c(n1)CCN(C(C)c1ccc3scnc3c1)C2. The Kier molecular flexibility index (Phi) is 3.56. The molecule has 0 saturated heterocycles. The first-order valence-corrected chi connectivity index (χ1v) is 8.51. The van der Waals surface area contributed by atoms with Gasteiger partial charge in [0.05, 0.1) is 21.4 Å². The van der Waals surface area contributed by atoms with Gasteiger partial charge in [0.15, 0.2) is 0 Å². The number of fused-ring (bicyclic) bond motifs is 2. The van der Waals surface area contributed by atoms with Crippen LogP contribution in [0.3, 0.4) is 0 Å². The molecule has 2 aromatic heterocycles. The van der Waals surface area contributed by atoms with Crippen molar-refractivity contribution in [2.75, 3.05) is 6.54 Å². The Bertz CT molecular complexity index is 909. The van der Waals surface area contributed by atoms with Gasteiger partial charge in [0, 0.05) is 37.3 Å². The van der Waals surface area contributed by atoms with Crippen molar-refractivity contribution >= 4 is 21.6 Å². The molecule has 0 radical (unpaired) electrons. The van der Waals surface area contributed by atoms with Crippen molar-refractivity contribution in [3.8, 4) is 12.3 Å². The van der Waals surface area contributed by atoms with Gasteiger partial charge in [0.25, 0.3) is 0 Å². The van der Waals surface area contributed by atoms with E-state index in [-0.39, 0.29) is 0 Å². The first kappa shape index (κ1) is 14.3. The highest BCUT2D eigenvalue weighted by molar-refractivity contribution is 7.16. The fourth-order valence-corrected chi connectivity index (χ4v) is 3.74. The molecular formula is C18H16N4S. The van der Waals surface area contributed by atoms with Crippen LogP contribution in [-0.4, -0.2) is 26.4 Å². The molecule has 0 bridgehead atoms. The van der Waals surface area contributed by atoms with Gasteiger partial charge in [-0.25, -0.2) is 15.0 Å². The summed E-state index contributed by atoms with van der Waals surface area (Å²) in [6.45, 7) is 4.08. The third-order valence-electron chi connectivity index (χ3n) is 4.48. The quantitative estimate of drug-likeness (QED) is 0.680. The Balaban J connectivity index is 1.59. The minimum Gasteiger partial charge on any atom is -0.292 e. The predicted octanol–water partition coefficient (Wildman–Crippen LogP) is 3.19. The number of thiazole rings is 1. The number of benzene rings is 1. The van der Waals surface area contributed by atoms with Crippen LogP contribution in [0.1, 0.15) is 35.6 Å². The van der Waals surface area contributed by atoms with Gasteiger partial charge in [-0.3, -0.25) is 4.90 Å². The summed E-state index contributed by atoms with van der Waals surface area (Å²) in [6, 6.07) is 6.91. The molecule has 4 nitrogen and oxygen atoms in total. The summed E-state index contributed by atoms with van der Waals surface area (Å²) in [6.07, 6.45) is 8.17. The van der Waals surface area contributed by atoms with Crippen molar-refractivity contribution in [1.29, 1.82) is 0 Å². The average Bonchev–Trinajstić information content (AvgIpc) is 3.07. The average molecular weight is 320 g/mol. The van der Waals surface area contributed by atoms with Crippen LogP contribution >= 0.6 is 11.3 Å². The minimum absolute atomic E-state index is 0.335. The van der Waals surface area contributed by atoms with Gasteiger partial charge in [0.2, 0.25) is 5.82 Å². The molecule has 0 spiro atoms. The Labute approximate surface area is 139 Å². The van der Waals surface area contributed by atoms with Crippen LogP contribution < -0.4 is 0 Å². The van der Waals surface area contributed by atoms with E-state index in [2.05, 4.69) is 50.9 Å². The molecular weight excluding hydrogens is 304 g/mol. The van der Waals surface area contributed by atoms with E-state index in [1.165, 1.54) is 15.8 Å². The van der Waals surface area contributed by atoms with Crippen molar-refractivity contribution in [3.05, 3.63) is 52.6 Å². The summed E-state index contributed by atoms with van der Waals surface area (Å²) in [4.78, 5) is 15.6. The summed E-state index contributed by atoms with van der Waals surface area (Å²) in [5.74, 6) is 2.99. The van der Waals surface area contributed by atoms with Gasteiger partial charge in [-0.2, -0.15) is 0 Å². The summed E-state index contributed by atoms with van der Waals surface area (Å²) in [7, 11) is 0. The highest BCUT2D eigenvalue weighted by Gasteiger charge is 2.23. The molecule has 3 heterocycles. The second kappa shape index (κ2) is 5.73. The molecule has 1 aromatic carbocycles. The largest absolute Gasteiger partial charge is 0.292 e. The van der Waals surface area contributed by atoms with E-state index < -0.39 is 0 Å². The summed E-state index contributed by atoms with van der Waals surface area (Å²) < 4.78 is 1.24. The molecule has 0 amide bonds. The summed E-state index contributed by atoms with van der Waals surface area (Å²) >= 11 is 1.68. The molecule has 0 saturated carbocycles. The Morgan fingerprint density at radius 1 is 1.35 bits per heavy atom. The van der Waals surface area contributed by atoms with Crippen molar-refractivity contribution < 1.29 is 0 Å². The fourth-order valence-electron chi connectivity index (χ4n) is 3.08. The minimum atomic E-state index is 0.335. The highest BCUT2D eigenvalue weighted by Crippen LogP contribution is 2.29. The monoisotopic (exact) mass is 320 g/mol. The van der Waals surface area contributed by atoms with Crippen LogP contribution in [0.15, 0.2) is 29.9 Å². The van der Waals surface area contributed by atoms with Crippen LogP contribution in [0.25, 0.3) is 10.2 Å². The zero-order valence-corrected chi connectivity index (χ0v) is 13.7. The molecule has 1 atom stereocenters. The van der Waals surface area contributed by atoms with E-state index in [1.54, 1.807) is 11.3 Å². The van der Waals surface area contributed by atoms with E-state index in [0.29, 0.717) is 11.9 Å². The number of rotatable bonds is 2. The standard InChI is InChI=1S/C18H16N4S/c1-3-18-19-9-14-10-22(7-6-15(14)21-18)12(2)13-4-5-17-16(8-13)20-11-23-17/h1,4-5,8-9,11-12H,6-7,10H2,2H3.